The Morgan fingerprint density at radius 2 is 2.07 bits per heavy atom. The van der Waals surface area contributed by atoms with E-state index in [1.807, 2.05) is 0 Å². The molecule has 0 bridgehead atoms. The molecule has 0 saturated heterocycles. The summed E-state index contributed by atoms with van der Waals surface area (Å²) in [5.74, 6) is 0.119. The number of anilines is 1. The van der Waals surface area contributed by atoms with Gasteiger partial charge in [-0.1, -0.05) is 0 Å². The van der Waals surface area contributed by atoms with Crippen LogP contribution in [0.15, 0.2) is 12.5 Å². The molecule has 0 saturated carbocycles. The van der Waals surface area contributed by atoms with Crippen LogP contribution in [-0.4, -0.2) is 25.9 Å². The molecular formula is C7H6F3N5. The van der Waals surface area contributed by atoms with Gasteiger partial charge in [-0.05, 0) is 0 Å². The Morgan fingerprint density at radius 3 is 2.73 bits per heavy atom. The minimum atomic E-state index is -4.33. The van der Waals surface area contributed by atoms with Crippen LogP contribution in [0.25, 0.3) is 11.0 Å². The SMILES string of the molecule is Nc1ncnc2c1cnn2CC(F)(F)F. The van der Waals surface area contributed by atoms with Crippen molar-refractivity contribution in [3.05, 3.63) is 12.5 Å². The molecule has 0 fully saturated rings. The number of aromatic nitrogens is 4. The first kappa shape index (κ1) is 9.69. The Morgan fingerprint density at radius 1 is 1.33 bits per heavy atom. The maximum atomic E-state index is 12.1. The van der Waals surface area contributed by atoms with Crippen molar-refractivity contribution in [2.24, 2.45) is 0 Å². The first-order chi connectivity index (χ1) is 6.97. The number of rotatable bonds is 1. The van der Waals surface area contributed by atoms with Crippen molar-refractivity contribution in [3.63, 3.8) is 0 Å². The summed E-state index contributed by atoms with van der Waals surface area (Å²) in [5.41, 5.74) is 5.53. The van der Waals surface area contributed by atoms with Crippen LogP contribution in [0.1, 0.15) is 0 Å². The minimum absolute atomic E-state index is 0.0832. The van der Waals surface area contributed by atoms with Crippen LogP contribution in [-0.2, 0) is 6.54 Å². The van der Waals surface area contributed by atoms with E-state index in [1.165, 1.54) is 6.20 Å². The molecule has 0 atom stereocenters. The number of halogens is 3. The fourth-order valence-electron chi connectivity index (χ4n) is 1.20. The monoisotopic (exact) mass is 217 g/mol. The predicted octanol–water partition coefficient (Wildman–Crippen LogP) is 0.971. The first-order valence-corrected chi connectivity index (χ1v) is 3.96. The van der Waals surface area contributed by atoms with Crippen LogP contribution in [0.4, 0.5) is 19.0 Å². The molecule has 0 aliphatic heterocycles. The summed E-state index contributed by atoms with van der Waals surface area (Å²) in [6, 6.07) is 0. The van der Waals surface area contributed by atoms with E-state index in [0.717, 1.165) is 11.0 Å². The van der Waals surface area contributed by atoms with Crippen molar-refractivity contribution in [1.29, 1.82) is 0 Å². The van der Waals surface area contributed by atoms with Gasteiger partial charge in [-0.15, -0.1) is 0 Å². The summed E-state index contributed by atoms with van der Waals surface area (Å²) < 4.78 is 37.1. The van der Waals surface area contributed by atoms with Crippen LogP contribution in [0.3, 0.4) is 0 Å². The smallest absolute Gasteiger partial charge is 0.383 e. The van der Waals surface area contributed by atoms with E-state index in [4.69, 9.17) is 5.73 Å². The van der Waals surface area contributed by atoms with E-state index >= 15 is 0 Å². The number of nitrogens with zero attached hydrogens (tertiary/aromatic N) is 4. The van der Waals surface area contributed by atoms with Crippen molar-refractivity contribution >= 4 is 16.9 Å². The van der Waals surface area contributed by atoms with E-state index in [1.54, 1.807) is 0 Å². The second kappa shape index (κ2) is 3.07. The molecule has 2 heterocycles. The predicted molar refractivity (Wildman–Crippen MR) is 45.8 cm³/mol. The van der Waals surface area contributed by atoms with E-state index in [9.17, 15) is 13.2 Å². The number of nitrogens with two attached hydrogens (primary N) is 1. The second-order valence-electron chi connectivity index (χ2n) is 2.91. The second-order valence-corrected chi connectivity index (χ2v) is 2.91. The van der Waals surface area contributed by atoms with E-state index < -0.39 is 12.7 Å². The van der Waals surface area contributed by atoms with Crippen molar-refractivity contribution in [2.45, 2.75) is 12.7 Å². The molecule has 15 heavy (non-hydrogen) atoms. The fourth-order valence-corrected chi connectivity index (χ4v) is 1.20. The van der Waals surface area contributed by atoms with Gasteiger partial charge in [0.1, 0.15) is 18.7 Å². The highest BCUT2D eigenvalue weighted by atomic mass is 19.4. The molecule has 0 aliphatic carbocycles. The van der Waals surface area contributed by atoms with E-state index in [0.29, 0.717) is 5.39 Å². The largest absolute Gasteiger partial charge is 0.408 e. The molecule has 0 aromatic carbocycles. The highest BCUT2D eigenvalue weighted by Crippen LogP contribution is 2.21. The molecule has 8 heteroatoms. The molecule has 0 aliphatic rings. The lowest BCUT2D eigenvalue weighted by atomic mass is 10.4. The van der Waals surface area contributed by atoms with Crippen molar-refractivity contribution in [3.8, 4) is 0 Å². The lowest BCUT2D eigenvalue weighted by Crippen LogP contribution is -2.18. The van der Waals surface area contributed by atoms with Gasteiger partial charge in [0.2, 0.25) is 0 Å². The van der Waals surface area contributed by atoms with Gasteiger partial charge in [-0.3, -0.25) is 0 Å². The third kappa shape index (κ3) is 1.83. The summed E-state index contributed by atoms with van der Waals surface area (Å²) >= 11 is 0. The third-order valence-corrected chi connectivity index (χ3v) is 1.79. The summed E-state index contributed by atoms with van der Waals surface area (Å²) in [4.78, 5) is 7.34. The van der Waals surface area contributed by atoms with Crippen LogP contribution in [0.5, 0.6) is 0 Å². The van der Waals surface area contributed by atoms with Gasteiger partial charge in [-0.25, -0.2) is 14.6 Å². The van der Waals surface area contributed by atoms with Gasteiger partial charge < -0.3 is 5.73 Å². The maximum Gasteiger partial charge on any atom is 0.408 e. The van der Waals surface area contributed by atoms with Crippen LogP contribution in [0, 0.1) is 0 Å². The molecule has 0 spiro atoms. The highest BCUT2D eigenvalue weighted by molar-refractivity contribution is 5.84. The van der Waals surface area contributed by atoms with Gasteiger partial charge in [0.05, 0.1) is 11.6 Å². The number of nitrogen functional groups attached to an aromatic ring is 1. The molecule has 2 aromatic rings. The van der Waals surface area contributed by atoms with Crippen LogP contribution < -0.4 is 5.73 Å². The Balaban J connectivity index is 2.50. The molecule has 0 amide bonds. The molecule has 0 unspecified atom stereocenters. The molecule has 5 nitrogen and oxygen atoms in total. The van der Waals surface area contributed by atoms with E-state index in [2.05, 4.69) is 15.1 Å². The van der Waals surface area contributed by atoms with Crippen molar-refractivity contribution in [1.82, 2.24) is 19.7 Å². The zero-order valence-electron chi connectivity index (χ0n) is 7.36. The number of alkyl halides is 3. The Labute approximate surface area is 81.7 Å². The maximum absolute atomic E-state index is 12.1. The number of hydrogen-bond acceptors (Lipinski definition) is 4. The topological polar surface area (TPSA) is 69.6 Å². The number of hydrogen-bond donors (Lipinski definition) is 1. The first-order valence-electron chi connectivity index (χ1n) is 3.96. The van der Waals surface area contributed by atoms with Gasteiger partial charge in [0.25, 0.3) is 0 Å². The normalized spacial score (nSPS) is 12.2. The molecule has 2 N–H and O–H groups in total. The quantitative estimate of drug-likeness (QED) is 0.772. The highest BCUT2D eigenvalue weighted by Gasteiger charge is 2.29. The third-order valence-electron chi connectivity index (χ3n) is 1.79. The van der Waals surface area contributed by atoms with E-state index in [-0.39, 0.29) is 11.5 Å². The zero-order chi connectivity index (χ0) is 11.1. The lowest BCUT2D eigenvalue weighted by Gasteiger charge is -2.06. The van der Waals surface area contributed by atoms with Crippen LogP contribution in [0.2, 0.25) is 0 Å². The molecule has 80 valence electrons. The molecular weight excluding hydrogens is 211 g/mol. The summed E-state index contributed by atoms with van der Waals surface area (Å²) in [6.45, 7) is -1.19. The summed E-state index contributed by atoms with van der Waals surface area (Å²) in [7, 11) is 0. The zero-order valence-corrected chi connectivity index (χ0v) is 7.36. The lowest BCUT2D eigenvalue weighted by molar-refractivity contribution is -0.141. The minimum Gasteiger partial charge on any atom is -0.383 e. The van der Waals surface area contributed by atoms with Gasteiger partial charge in [-0.2, -0.15) is 18.3 Å². The average Bonchev–Trinajstić information content (AvgIpc) is 2.48. The summed E-state index contributed by atoms with van der Waals surface area (Å²) in [5, 5.41) is 3.88. The molecule has 2 rings (SSSR count). The van der Waals surface area contributed by atoms with Crippen LogP contribution >= 0.6 is 0 Å². The summed E-state index contributed by atoms with van der Waals surface area (Å²) in [6.07, 6.45) is -2.01. The molecule has 0 radical (unpaired) electrons. The standard InChI is InChI=1S/C7H6F3N5/c8-7(9,10)2-15-6-4(1-14-15)5(11)12-3-13-6/h1,3H,2H2,(H2,11,12,13). The van der Waals surface area contributed by atoms with Gasteiger partial charge >= 0.3 is 6.18 Å². The Bertz CT molecular complexity index is 489. The van der Waals surface area contributed by atoms with Crippen molar-refractivity contribution < 1.29 is 13.2 Å². The van der Waals surface area contributed by atoms with Gasteiger partial charge in [0, 0.05) is 0 Å². The average molecular weight is 217 g/mol. The Hall–Kier alpha value is -1.86. The fraction of sp³-hybridized carbons (Fsp3) is 0.286. The van der Waals surface area contributed by atoms with Gasteiger partial charge in [0.15, 0.2) is 5.65 Å². The molecule has 2 aromatic heterocycles. The van der Waals surface area contributed by atoms with Crippen molar-refractivity contribution in [2.75, 3.05) is 5.73 Å². The number of fused-ring (bicyclic) bond motifs is 1. The Kier molecular flexibility index (Phi) is 1.98.